The van der Waals surface area contributed by atoms with Crippen molar-refractivity contribution in [3.05, 3.63) is 83.6 Å². The monoisotopic (exact) mass is 665 g/mol. The summed E-state index contributed by atoms with van der Waals surface area (Å²) in [6.07, 6.45) is 8.92. The van der Waals surface area contributed by atoms with Gasteiger partial charge < -0.3 is 35.8 Å². The molecule has 2 aromatic carbocycles. The lowest BCUT2D eigenvalue weighted by Crippen LogP contribution is -2.50. The first kappa shape index (κ1) is 33.4. The normalized spacial score (nSPS) is 26.2. The summed E-state index contributed by atoms with van der Waals surface area (Å²) >= 11 is 0. The summed E-state index contributed by atoms with van der Waals surface area (Å²) in [5.41, 5.74) is 4.48. The number of hydrogen-bond acceptors (Lipinski definition) is 8. The highest BCUT2D eigenvalue weighted by atomic mass is 16.3. The molecular weight excluding hydrogens is 614 g/mol. The number of aromatic nitrogens is 1. The van der Waals surface area contributed by atoms with Crippen LogP contribution in [0.5, 0.6) is 0 Å². The number of piperazine rings is 1. The van der Waals surface area contributed by atoms with E-state index in [1.165, 1.54) is 5.69 Å². The molecule has 4 atom stereocenters. The maximum atomic E-state index is 13.3. The minimum Gasteiger partial charge on any atom is -0.393 e. The molecule has 0 radical (unpaired) electrons. The van der Waals surface area contributed by atoms with Crippen molar-refractivity contribution in [1.29, 1.82) is 0 Å². The Morgan fingerprint density at radius 2 is 1.53 bits per heavy atom. The van der Waals surface area contributed by atoms with Crippen molar-refractivity contribution >= 4 is 29.0 Å². The number of carbonyl (C=O) groups is 2. The van der Waals surface area contributed by atoms with Gasteiger partial charge in [0.2, 0.25) is 0 Å². The Morgan fingerprint density at radius 1 is 0.816 bits per heavy atom. The van der Waals surface area contributed by atoms with E-state index in [4.69, 9.17) is 4.98 Å². The van der Waals surface area contributed by atoms with Gasteiger partial charge in [-0.05, 0) is 113 Å². The van der Waals surface area contributed by atoms with Crippen LogP contribution in [0.1, 0.15) is 90.6 Å². The fourth-order valence-electron chi connectivity index (χ4n) is 8.22. The Balaban J connectivity index is 0.906. The highest BCUT2D eigenvalue weighted by molar-refractivity contribution is 5.95. The summed E-state index contributed by atoms with van der Waals surface area (Å²) in [5.74, 6) is 0.737. The summed E-state index contributed by atoms with van der Waals surface area (Å²) in [7, 11) is 2.16. The van der Waals surface area contributed by atoms with Gasteiger partial charge in [-0.25, -0.2) is 4.98 Å². The minimum atomic E-state index is -0.186. The lowest BCUT2D eigenvalue weighted by molar-refractivity contribution is 0.0923. The summed E-state index contributed by atoms with van der Waals surface area (Å²) in [6, 6.07) is 21.1. The SMILES string of the molecule is CC(NC(=O)c1ccc(N2C3CC[C@H]2CC(NC(=O)c2cccc(NC4CCC(O)CC4)c2)C3)nc1)c1ccc(N2CCN(C)CC2)cc1. The Bertz CT molecular complexity index is 1570. The Morgan fingerprint density at radius 3 is 2.20 bits per heavy atom. The molecule has 3 saturated heterocycles. The molecule has 2 bridgehead atoms. The number of anilines is 3. The van der Waals surface area contributed by atoms with Crippen LogP contribution >= 0.6 is 0 Å². The van der Waals surface area contributed by atoms with E-state index in [0.29, 0.717) is 29.3 Å². The molecule has 3 aromatic rings. The number of aliphatic hydroxyl groups is 1. The number of likely N-dealkylation sites (N-methyl/N-ethyl adjacent to an activating group) is 1. The largest absolute Gasteiger partial charge is 0.393 e. The number of pyridine rings is 1. The molecule has 49 heavy (non-hydrogen) atoms. The molecule has 0 spiro atoms. The molecule has 4 aliphatic rings. The van der Waals surface area contributed by atoms with Gasteiger partial charge in [0, 0.05) is 73.5 Å². The number of aliphatic hydroxyl groups excluding tert-OH is 1. The minimum absolute atomic E-state index is 0.0331. The standard InChI is InChI=1S/C39H51N7O3/c1-26(27-6-11-33(12-7-27)45-20-18-44(2)19-21-45)41-39(49)29-8-17-37(40-25-29)46-34-13-14-35(46)24-32(23-34)43-38(48)28-4-3-5-31(22-28)42-30-9-15-36(47)16-10-30/h3-8,11-12,17,22,25-26,30,32,34-36,42,47H,9-10,13-16,18-21,23-24H2,1-2H3,(H,41,49)(H,43,48)/t26?,30?,32?,34-,35?,36?/m0/s1. The summed E-state index contributed by atoms with van der Waals surface area (Å²) in [6.45, 7) is 6.22. The van der Waals surface area contributed by atoms with E-state index >= 15 is 0 Å². The van der Waals surface area contributed by atoms with Crippen LogP contribution in [0.4, 0.5) is 17.2 Å². The maximum absolute atomic E-state index is 13.3. The van der Waals surface area contributed by atoms with Gasteiger partial charge >= 0.3 is 0 Å². The molecule has 4 fully saturated rings. The van der Waals surface area contributed by atoms with Crippen molar-refractivity contribution in [3.8, 4) is 0 Å². The molecule has 3 unspecified atom stereocenters. The van der Waals surface area contributed by atoms with Crippen molar-refractivity contribution in [3.63, 3.8) is 0 Å². The highest BCUT2D eigenvalue weighted by Crippen LogP contribution is 2.39. The Labute approximate surface area is 290 Å². The highest BCUT2D eigenvalue weighted by Gasteiger charge is 2.42. The molecule has 2 amide bonds. The molecule has 10 nitrogen and oxygen atoms in total. The zero-order valence-electron chi connectivity index (χ0n) is 28.9. The number of amides is 2. The molecule has 10 heteroatoms. The Hall–Kier alpha value is -4.15. The molecule has 7 rings (SSSR count). The van der Waals surface area contributed by atoms with E-state index in [9.17, 15) is 14.7 Å². The van der Waals surface area contributed by atoms with Crippen molar-refractivity contribution in [2.24, 2.45) is 0 Å². The van der Waals surface area contributed by atoms with Crippen molar-refractivity contribution in [1.82, 2.24) is 20.5 Å². The van der Waals surface area contributed by atoms with Gasteiger partial charge in [0.1, 0.15) is 5.82 Å². The lowest BCUT2D eigenvalue weighted by Gasteiger charge is -2.40. The van der Waals surface area contributed by atoms with E-state index in [0.717, 1.165) is 94.6 Å². The fourth-order valence-corrected chi connectivity index (χ4v) is 8.22. The molecule has 3 aliphatic heterocycles. The number of piperidine rings is 1. The quantitative estimate of drug-likeness (QED) is 0.254. The number of nitrogens with one attached hydrogen (secondary N) is 3. The first-order chi connectivity index (χ1) is 23.8. The van der Waals surface area contributed by atoms with Crippen molar-refractivity contribution in [2.45, 2.75) is 94.6 Å². The number of nitrogens with zero attached hydrogens (tertiary/aromatic N) is 4. The van der Waals surface area contributed by atoms with E-state index < -0.39 is 0 Å². The topological polar surface area (TPSA) is 113 Å². The predicted molar refractivity (Wildman–Crippen MR) is 194 cm³/mol. The second-order valence-corrected chi connectivity index (χ2v) is 14.6. The Kier molecular flexibility index (Phi) is 10.0. The van der Waals surface area contributed by atoms with Gasteiger partial charge in [0.05, 0.1) is 17.7 Å². The maximum Gasteiger partial charge on any atom is 0.253 e. The van der Waals surface area contributed by atoms with Crippen molar-refractivity contribution in [2.75, 3.05) is 48.3 Å². The third-order valence-electron chi connectivity index (χ3n) is 11.1. The fraction of sp³-hybridized carbons (Fsp3) is 0.513. The van der Waals surface area contributed by atoms with Gasteiger partial charge in [0.15, 0.2) is 0 Å². The molecule has 1 aliphatic carbocycles. The molecule has 4 heterocycles. The van der Waals surface area contributed by atoms with Gasteiger partial charge in [-0.1, -0.05) is 18.2 Å². The van der Waals surface area contributed by atoms with Crippen LogP contribution in [-0.4, -0.2) is 90.3 Å². The second kappa shape index (κ2) is 14.8. The number of rotatable bonds is 9. The summed E-state index contributed by atoms with van der Waals surface area (Å²) in [4.78, 5) is 38.4. The van der Waals surface area contributed by atoms with E-state index in [1.807, 2.05) is 43.3 Å². The van der Waals surface area contributed by atoms with Gasteiger partial charge in [-0.3, -0.25) is 9.59 Å². The number of hydrogen-bond donors (Lipinski definition) is 4. The van der Waals surface area contributed by atoms with Crippen LogP contribution in [-0.2, 0) is 0 Å². The lowest BCUT2D eigenvalue weighted by atomic mass is 9.93. The molecule has 4 N–H and O–H groups in total. The van der Waals surface area contributed by atoms with Crippen LogP contribution in [0.3, 0.4) is 0 Å². The first-order valence-corrected chi connectivity index (χ1v) is 18.2. The van der Waals surface area contributed by atoms with Gasteiger partial charge in [-0.2, -0.15) is 0 Å². The second-order valence-electron chi connectivity index (χ2n) is 14.6. The van der Waals surface area contributed by atoms with Crippen LogP contribution in [0.15, 0.2) is 66.9 Å². The van der Waals surface area contributed by atoms with Crippen LogP contribution in [0.25, 0.3) is 0 Å². The summed E-state index contributed by atoms with van der Waals surface area (Å²) in [5, 5.41) is 19.8. The summed E-state index contributed by atoms with van der Waals surface area (Å²) < 4.78 is 0. The third kappa shape index (κ3) is 7.86. The number of benzene rings is 2. The van der Waals surface area contributed by atoms with E-state index in [-0.39, 0.29) is 30.0 Å². The van der Waals surface area contributed by atoms with Crippen LogP contribution in [0.2, 0.25) is 0 Å². The van der Waals surface area contributed by atoms with Crippen LogP contribution < -0.4 is 25.8 Å². The molecular formula is C39H51N7O3. The zero-order chi connectivity index (χ0) is 33.9. The molecule has 260 valence electrons. The zero-order valence-corrected chi connectivity index (χ0v) is 28.9. The number of carbonyl (C=O) groups excluding carboxylic acids is 2. The average molecular weight is 666 g/mol. The van der Waals surface area contributed by atoms with Crippen molar-refractivity contribution < 1.29 is 14.7 Å². The third-order valence-corrected chi connectivity index (χ3v) is 11.1. The van der Waals surface area contributed by atoms with Crippen LogP contribution in [0, 0.1) is 0 Å². The predicted octanol–water partition coefficient (Wildman–Crippen LogP) is 4.97. The van der Waals surface area contributed by atoms with E-state index in [1.54, 1.807) is 6.20 Å². The average Bonchev–Trinajstić information content (AvgIpc) is 3.39. The number of fused-ring (bicyclic) bond motifs is 2. The first-order valence-electron chi connectivity index (χ1n) is 18.2. The van der Waals surface area contributed by atoms with E-state index in [2.05, 4.69) is 62.0 Å². The molecule has 1 aromatic heterocycles. The van der Waals surface area contributed by atoms with Gasteiger partial charge in [-0.15, -0.1) is 0 Å². The molecule has 1 saturated carbocycles. The smallest absolute Gasteiger partial charge is 0.253 e. The van der Waals surface area contributed by atoms with Gasteiger partial charge in [0.25, 0.3) is 11.8 Å².